The molecule has 3 N–H and O–H groups in total. The number of hydrogen-bond donors (Lipinski definition) is 2. The molecule has 0 saturated carbocycles. The SMILES string of the molecule is CCCc1c(N)ncnc1NCc1cnn(C)c1C. The second-order valence-electron chi connectivity index (χ2n) is 4.57. The van der Waals surface area contributed by atoms with E-state index in [0.717, 1.165) is 35.5 Å². The lowest BCUT2D eigenvalue weighted by Gasteiger charge is -2.11. The number of nitrogens with one attached hydrogen (secondary N) is 1. The first-order chi connectivity index (χ1) is 9.13. The van der Waals surface area contributed by atoms with Gasteiger partial charge in [-0.25, -0.2) is 9.97 Å². The average molecular weight is 260 g/mol. The lowest BCUT2D eigenvalue weighted by atomic mass is 10.1. The van der Waals surface area contributed by atoms with Crippen molar-refractivity contribution >= 4 is 11.6 Å². The zero-order valence-electron chi connectivity index (χ0n) is 11.6. The van der Waals surface area contributed by atoms with Gasteiger partial charge < -0.3 is 11.1 Å². The van der Waals surface area contributed by atoms with Crippen LogP contribution in [0.5, 0.6) is 0 Å². The van der Waals surface area contributed by atoms with E-state index in [1.54, 1.807) is 0 Å². The highest BCUT2D eigenvalue weighted by Gasteiger charge is 2.09. The molecule has 0 aliphatic heterocycles. The minimum Gasteiger partial charge on any atom is -0.383 e. The molecule has 2 aromatic heterocycles. The number of nitrogen functional groups attached to an aromatic ring is 1. The minimum absolute atomic E-state index is 0.558. The fourth-order valence-corrected chi connectivity index (χ4v) is 1.97. The van der Waals surface area contributed by atoms with E-state index in [4.69, 9.17) is 5.73 Å². The maximum atomic E-state index is 5.90. The molecule has 0 amide bonds. The van der Waals surface area contributed by atoms with Gasteiger partial charge in [0.15, 0.2) is 0 Å². The highest BCUT2D eigenvalue weighted by molar-refractivity contribution is 5.55. The van der Waals surface area contributed by atoms with Crippen LogP contribution in [0.4, 0.5) is 11.6 Å². The van der Waals surface area contributed by atoms with Crippen LogP contribution in [0, 0.1) is 6.92 Å². The molecular formula is C13H20N6. The maximum Gasteiger partial charge on any atom is 0.134 e. The van der Waals surface area contributed by atoms with E-state index in [9.17, 15) is 0 Å². The summed E-state index contributed by atoms with van der Waals surface area (Å²) >= 11 is 0. The van der Waals surface area contributed by atoms with Crippen LogP contribution in [0.1, 0.15) is 30.2 Å². The molecule has 0 atom stereocenters. The van der Waals surface area contributed by atoms with Gasteiger partial charge in [0.25, 0.3) is 0 Å². The molecule has 6 nitrogen and oxygen atoms in total. The molecule has 6 heteroatoms. The molecule has 0 saturated heterocycles. The number of nitrogens with zero attached hydrogens (tertiary/aromatic N) is 4. The molecule has 2 aromatic rings. The predicted octanol–water partition coefficient (Wildman–Crippen LogP) is 1.67. The van der Waals surface area contributed by atoms with Crippen molar-refractivity contribution in [3.63, 3.8) is 0 Å². The first-order valence-corrected chi connectivity index (χ1v) is 6.44. The Balaban J connectivity index is 2.15. The zero-order chi connectivity index (χ0) is 13.8. The molecule has 0 aliphatic rings. The fourth-order valence-electron chi connectivity index (χ4n) is 1.97. The molecule has 0 bridgehead atoms. The van der Waals surface area contributed by atoms with Gasteiger partial charge in [-0.15, -0.1) is 0 Å². The van der Waals surface area contributed by atoms with Gasteiger partial charge >= 0.3 is 0 Å². The Morgan fingerprint density at radius 3 is 2.79 bits per heavy atom. The van der Waals surface area contributed by atoms with Crippen molar-refractivity contribution in [3.05, 3.63) is 29.3 Å². The molecule has 0 unspecified atom stereocenters. The van der Waals surface area contributed by atoms with Crippen LogP contribution in [-0.2, 0) is 20.0 Å². The van der Waals surface area contributed by atoms with Crippen LogP contribution in [0.25, 0.3) is 0 Å². The van der Waals surface area contributed by atoms with Gasteiger partial charge in [-0.1, -0.05) is 13.3 Å². The highest BCUT2D eigenvalue weighted by atomic mass is 15.3. The van der Waals surface area contributed by atoms with Crippen molar-refractivity contribution in [2.24, 2.45) is 7.05 Å². The first-order valence-electron chi connectivity index (χ1n) is 6.44. The van der Waals surface area contributed by atoms with Crippen LogP contribution in [0.15, 0.2) is 12.5 Å². The van der Waals surface area contributed by atoms with Crippen molar-refractivity contribution < 1.29 is 0 Å². The fraction of sp³-hybridized carbons (Fsp3) is 0.462. The van der Waals surface area contributed by atoms with Gasteiger partial charge in [0.05, 0.1) is 6.20 Å². The summed E-state index contributed by atoms with van der Waals surface area (Å²) in [6, 6.07) is 0. The van der Waals surface area contributed by atoms with E-state index >= 15 is 0 Å². The Morgan fingerprint density at radius 2 is 2.16 bits per heavy atom. The van der Waals surface area contributed by atoms with E-state index in [1.807, 2.05) is 24.9 Å². The molecule has 19 heavy (non-hydrogen) atoms. The highest BCUT2D eigenvalue weighted by Crippen LogP contribution is 2.20. The lowest BCUT2D eigenvalue weighted by Crippen LogP contribution is -2.09. The third kappa shape index (κ3) is 2.83. The molecule has 0 spiro atoms. The second-order valence-corrected chi connectivity index (χ2v) is 4.57. The van der Waals surface area contributed by atoms with Gasteiger partial charge in [0.2, 0.25) is 0 Å². The van der Waals surface area contributed by atoms with E-state index < -0.39 is 0 Å². The molecule has 0 aliphatic carbocycles. The van der Waals surface area contributed by atoms with Crippen molar-refractivity contribution in [2.45, 2.75) is 33.2 Å². The molecule has 0 fully saturated rings. The molecule has 2 heterocycles. The molecule has 0 radical (unpaired) electrons. The quantitative estimate of drug-likeness (QED) is 0.854. The summed E-state index contributed by atoms with van der Waals surface area (Å²) in [7, 11) is 1.93. The largest absolute Gasteiger partial charge is 0.383 e. The number of rotatable bonds is 5. The van der Waals surface area contributed by atoms with Gasteiger partial charge in [0.1, 0.15) is 18.0 Å². The lowest BCUT2D eigenvalue weighted by molar-refractivity contribution is 0.738. The average Bonchev–Trinajstić information content (AvgIpc) is 2.71. The topological polar surface area (TPSA) is 81.7 Å². The number of anilines is 2. The third-order valence-corrected chi connectivity index (χ3v) is 3.26. The van der Waals surface area contributed by atoms with E-state index in [0.29, 0.717) is 12.4 Å². The van der Waals surface area contributed by atoms with Crippen LogP contribution < -0.4 is 11.1 Å². The normalized spacial score (nSPS) is 10.7. The smallest absolute Gasteiger partial charge is 0.134 e. The summed E-state index contributed by atoms with van der Waals surface area (Å²) in [4.78, 5) is 8.33. The van der Waals surface area contributed by atoms with E-state index in [2.05, 4.69) is 27.3 Å². The van der Waals surface area contributed by atoms with Crippen molar-refractivity contribution in [1.82, 2.24) is 19.7 Å². The standard InChI is InChI=1S/C13H20N6/c1-4-5-11-12(14)16-8-17-13(11)15-6-10-7-18-19(3)9(10)2/h7-8H,4-6H2,1-3H3,(H3,14,15,16,17). The molecule has 0 aromatic carbocycles. The van der Waals surface area contributed by atoms with Gasteiger partial charge in [-0.05, 0) is 13.3 Å². The molecule has 102 valence electrons. The van der Waals surface area contributed by atoms with Crippen molar-refractivity contribution in [1.29, 1.82) is 0 Å². The summed E-state index contributed by atoms with van der Waals surface area (Å²) in [5.74, 6) is 1.37. The van der Waals surface area contributed by atoms with Gasteiger partial charge in [-0.2, -0.15) is 5.10 Å². The predicted molar refractivity (Wildman–Crippen MR) is 75.7 cm³/mol. The number of hydrogen-bond acceptors (Lipinski definition) is 5. The van der Waals surface area contributed by atoms with Crippen LogP contribution in [0.2, 0.25) is 0 Å². The van der Waals surface area contributed by atoms with Crippen LogP contribution in [-0.4, -0.2) is 19.7 Å². The summed E-state index contributed by atoms with van der Waals surface area (Å²) in [6.07, 6.45) is 5.25. The number of nitrogens with two attached hydrogens (primary N) is 1. The molecular weight excluding hydrogens is 240 g/mol. The Bertz CT molecular complexity index is 560. The summed E-state index contributed by atoms with van der Waals surface area (Å²) in [5.41, 5.74) is 9.19. The zero-order valence-corrected chi connectivity index (χ0v) is 11.6. The Hall–Kier alpha value is -2.11. The van der Waals surface area contributed by atoms with Crippen LogP contribution in [0.3, 0.4) is 0 Å². The Kier molecular flexibility index (Phi) is 3.99. The maximum absolute atomic E-state index is 5.90. The summed E-state index contributed by atoms with van der Waals surface area (Å²) < 4.78 is 1.86. The summed E-state index contributed by atoms with van der Waals surface area (Å²) in [5, 5.41) is 7.55. The van der Waals surface area contributed by atoms with Gasteiger partial charge in [0, 0.05) is 30.4 Å². The Morgan fingerprint density at radius 1 is 1.37 bits per heavy atom. The number of aryl methyl sites for hydroxylation is 1. The minimum atomic E-state index is 0.558. The number of aromatic nitrogens is 4. The first kappa shape index (κ1) is 13.3. The van der Waals surface area contributed by atoms with Crippen molar-refractivity contribution in [3.8, 4) is 0 Å². The van der Waals surface area contributed by atoms with E-state index in [1.165, 1.54) is 6.33 Å². The third-order valence-electron chi connectivity index (χ3n) is 3.26. The second kappa shape index (κ2) is 5.69. The monoisotopic (exact) mass is 260 g/mol. The Labute approximate surface area is 113 Å². The summed E-state index contributed by atoms with van der Waals surface area (Å²) in [6.45, 7) is 4.85. The van der Waals surface area contributed by atoms with E-state index in [-0.39, 0.29) is 0 Å². The van der Waals surface area contributed by atoms with Gasteiger partial charge in [-0.3, -0.25) is 4.68 Å². The molecule has 2 rings (SSSR count). The van der Waals surface area contributed by atoms with Crippen LogP contribution >= 0.6 is 0 Å². The van der Waals surface area contributed by atoms with Crippen molar-refractivity contribution in [2.75, 3.05) is 11.1 Å².